The number of hydrogen-bond acceptors (Lipinski definition) is 1. The Hall–Kier alpha value is -1.76. The lowest BCUT2D eigenvalue weighted by Gasteiger charge is -2.25. The average molecular weight is 249 g/mol. The van der Waals surface area contributed by atoms with Crippen molar-refractivity contribution >= 4 is 5.69 Å². The van der Waals surface area contributed by atoms with Crippen molar-refractivity contribution in [1.82, 2.24) is 0 Å². The standard InChI is InChI=1S/C18H19N/c1-13-5-4-8-17-18(13)16-7-3-2-6-14(16)11-12-19(17)15-9-10-15/h2-8,15H,9-12H2,1H3. The molecule has 2 aromatic carbocycles. The number of benzene rings is 2. The van der Waals surface area contributed by atoms with Crippen molar-refractivity contribution in [3.05, 3.63) is 53.6 Å². The van der Waals surface area contributed by atoms with Gasteiger partial charge in [0.15, 0.2) is 0 Å². The van der Waals surface area contributed by atoms with Crippen LogP contribution in [-0.2, 0) is 6.42 Å². The van der Waals surface area contributed by atoms with Gasteiger partial charge < -0.3 is 4.90 Å². The second-order valence-corrected chi connectivity index (χ2v) is 5.80. The van der Waals surface area contributed by atoms with E-state index in [0.29, 0.717) is 0 Å². The SMILES string of the molecule is Cc1cccc2c1-c1ccccc1CCN2C1CC1. The minimum atomic E-state index is 0.787. The molecule has 1 saturated carbocycles. The maximum absolute atomic E-state index is 2.64. The first-order valence-corrected chi connectivity index (χ1v) is 7.29. The van der Waals surface area contributed by atoms with E-state index in [1.807, 2.05) is 0 Å². The van der Waals surface area contributed by atoms with E-state index < -0.39 is 0 Å². The predicted molar refractivity (Wildman–Crippen MR) is 80.7 cm³/mol. The lowest BCUT2D eigenvalue weighted by molar-refractivity contribution is 0.786. The Kier molecular flexibility index (Phi) is 2.41. The summed E-state index contributed by atoms with van der Waals surface area (Å²) in [6, 6.07) is 16.5. The Labute approximate surface area is 114 Å². The van der Waals surface area contributed by atoms with Crippen LogP contribution in [0.5, 0.6) is 0 Å². The molecule has 1 nitrogen and oxygen atoms in total. The van der Waals surface area contributed by atoms with Gasteiger partial charge in [0.05, 0.1) is 0 Å². The molecule has 0 unspecified atom stereocenters. The van der Waals surface area contributed by atoms with Crippen molar-refractivity contribution in [1.29, 1.82) is 0 Å². The van der Waals surface area contributed by atoms with Gasteiger partial charge in [-0.3, -0.25) is 0 Å². The van der Waals surface area contributed by atoms with Gasteiger partial charge in [-0.25, -0.2) is 0 Å². The minimum absolute atomic E-state index is 0.787. The summed E-state index contributed by atoms with van der Waals surface area (Å²) in [5, 5.41) is 0. The average Bonchev–Trinajstić information content (AvgIpc) is 3.24. The molecule has 0 saturated heterocycles. The van der Waals surface area contributed by atoms with Gasteiger partial charge in [-0.15, -0.1) is 0 Å². The van der Waals surface area contributed by atoms with Crippen LogP contribution in [0.25, 0.3) is 11.1 Å². The van der Waals surface area contributed by atoms with Crippen molar-refractivity contribution in [2.45, 2.75) is 32.2 Å². The summed E-state index contributed by atoms with van der Waals surface area (Å²) in [5.74, 6) is 0. The van der Waals surface area contributed by atoms with E-state index in [1.54, 1.807) is 0 Å². The molecule has 4 rings (SSSR count). The molecule has 1 fully saturated rings. The van der Waals surface area contributed by atoms with Crippen LogP contribution in [0.1, 0.15) is 24.0 Å². The molecule has 1 heteroatoms. The predicted octanol–water partition coefficient (Wildman–Crippen LogP) is 4.19. The zero-order valence-electron chi connectivity index (χ0n) is 11.4. The molecule has 0 spiro atoms. The Bertz CT molecular complexity index is 625. The second kappa shape index (κ2) is 4.12. The van der Waals surface area contributed by atoms with Gasteiger partial charge in [0.25, 0.3) is 0 Å². The summed E-state index contributed by atoms with van der Waals surface area (Å²) in [7, 11) is 0. The van der Waals surface area contributed by atoms with Crippen molar-refractivity contribution in [3.63, 3.8) is 0 Å². The Morgan fingerprint density at radius 3 is 2.68 bits per heavy atom. The van der Waals surface area contributed by atoms with E-state index in [0.717, 1.165) is 12.6 Å². The number of fused-ring (bicyclic) bond motifs is 3. The van der Waals surface area contributed by atoms with Crippen LogP contribution in [0, 0.1) is 6.92 Å². The highest BCUT2D eigenvalue weighted by atomic mass is 15.2. The molecule has 0 radical (unpaired) electrons. The molecule has 1 aliphatic heterocycles. The maximum atomic E-state index is 2.64. The molecule has 0 amide bonds. The second-order valence-electron chi connectivity index (χ2n) is 5.80. The molecule has 0 atom stereocenters. The maximum Gasteiger partial charge on any atom is 0.0451 e. The fourth-order valence-corrected chi connectivity index (χ4v) is 3.35. The van der Waals surface area contributed by atoms with Crippen molar-refractivity contribution in [3.8, 4) is 11.1 Å². The molecule has 2 aromatic rings. The first-order chi connectivity index (χ1) is 9.34. The van der Waals surface area contributed by atoms with E-state index in [-0.39, 0.29) is 0 Å². The van der Waals surface area contributed by atoms with Gasteiger partial charge in [0.2, 0.25) is 0 Å². The number of hydrogen-bond donors (Lipinski definition) is 0. The minimum Gasteiger partial charge on any atom is -0.368 e. The largest absolute Gasteiger partial charge is 0.368 e. The molecular weight excluding hydrogens is 230 g/mol. The van der Waals surface area contributed by atoms with Crippen molar-refractivity contribution < 1.29 is 0 Å². The third-order valence-corrected chi connectivity index (χ3v) is 4.46. The number of nitrogens with zero attached hydrogens (tertiary/aromatic N) is 1. The van der Waals surface area contributed by atoms with E-state index in [9.17, 15) is 0 Å². The normalized spacial score (nSPS) is 17.6. The molecule has 1 aliphatic carbocycles. The van der Waals surface area contributed by atoms with Crippen molar-refractivity contribution in [2.75, 3.05) is 11.4 Å². The quantitative estimate of drug-likeness (QED) is 0.732. The summed E-state index contributed by atoms with van der Waals surface area (Å²) >= 11 is 0. The highest BCUT2D eigenvalue weighted by Gasteiger charge is 2.32. The van der Waals surface area contributed by atoms with E-state index in [1.165, 1.54) is 47.2 Å². The lowest BCUT2D eigenvalue weighted by atomic mass is 9.94. The summed E-state index contributed by atoms with van der Waals surface area (Å²) in [6.45, 7) is 3.41. The molecular formula is C18H19N. The van der Waals surface area contributed by atoms with Gasteiger partial charge in [0.1, 0.15) is 0 Å². The van der Waals surface area contributed by atoms with Crippen LogP contribution in [0.3, 0.4) is 0 Å². The third kappa shape index (κ3) is 1.76. The van der Waals surface area contributed by atoms with Gasteiger partial charge in [-0.05, 0) is 48.9 Å². The third-order valence-electron chi connectivity index (χ3n) is 4.46. The highest BCUT2D eigenvalue weighted by molar-refractivity contribution is 5.84. The summed E-state index contributed by atoms with van der Waals surface area (Å²) < 4.78 is 0. The van der Waals surface area contributed by atoms with Crippen molar-refractivity contribution in [2.24, 2.45) is 0 Å². The molecule has 1 heterocycles. The summed E-state index contributed by atoms with van der Waals surface area (Å²) in [5.41, 5.74) is 7.26. The Morgan fingerprint density at radius 1 is 1.00 bits per heavy atom. The van der Waals surface area contributed by atoms with E-state index >= 15 is 0 Å². The molecule has 2 aliphatic rings. The number of anilines is 1. The molecule has 96 valence electrons. The lowest BCUT2D eigenvalue weighted by Crippen LogP contribution is -2.27. The smallest absolute Gasteiger partial charge is 0.0451 e. The summed E-state index contributed by atoms with van der Waals surface area (Å²) in [6.07, 6.45) is 3.90. The highest BCUT2D eigenvalue weighted by Crippen LogP contribution is 2.42. The Morgan fingerprint density at radius 2 is 1.84 bits per heavy atom. The van der Waals surface area contributed by atoms with Crippen LogP contribution in [0.2, 0.25) is 0 Å². The first-order valence-electron chi connectivity index (χ1n) is 7.29. The fraction of sp³-hybridized carbons (Fsp3) is 0.333. The molecule has 0 bridgehead atoms. The molecule has 0 aromatic heterocycles. The number of aryl methyl sites for hydroxylation is 1. The molecule has 0 N–H and O–H groups in total. The fourth-order valence-electron chi connectivity index (χ4n) is 3.35. The summed E-state index contributed by atoms with van der Waals surface area (Å²) in [4.78, 5) is 2.64. The molecule has 19 heavy (non-hydrogen) atoms. The van der Waals surface area contributed by atoms with Gasteiger partial charge in [0, 0.05) is 23.8 Å². The first kappa shape index (κ1) is 11.1. The zero-order valence-corrected chi connectivity index (χ0v) is 11.4. The monoisotopic (exact) mass is 249 g/mol. The number of rotatable bonds is 1. The zero-order chi connectivity index (χ0) is 12.8. The van der Waals surface area contributed by atoms with Crippen LogP contribution in [0.4, 0.5) is 5.69 Å². The van der Waals surface area contributed by atoms with Crippen LogP contribution in [0.15, 0.2) is 42.5 Å². The van der Waals surface area contributed by atoms with Gasteiger partial charge >= 0.3 is 0 Å². The Balaban J connectivity index is 1.97. The van der Waals surface area contributed by atoms with Crippen LogP contribution in [-0.4, -0.2) is 12.6 Å². The van der Waals surface area contributed by atoms with E-state index in [2.05, 4.69) is 54.3 Å². The van der Waals surface area contributed by atoms with Gasteiger partial charge in [-0.2, -0.15) is 0 Å². The topological polar surface area (TPSA) is 3.24 Å². The van der Waals surface area contributed by atoms with Gasteiger partial charge in [-0.1, -0.05) is 36.4 Å². The van der Waals surface area contributed by atoms with Crippen LogP contribution < -0.4 is 4.90 Å². The van der Waals surface area contributed by atoms with Crippen LogP contribution >= 0.6 is 0 Å². The van der Waals surface area contributed by atoms with E-state index in [4.69, 9.17) is 0 Å².